The molecule has 0 rings (SSSR count). The van der Waals surface area contributed by atoms with Gasteiger partial charge in [0.25, 0.3) is 0 Å². The van der Waals surface area contributed by atoms with E-state index in [2.05, 4.69) is 20.8 Å². The first-order valence-electron chi connectivity index (χ1n) is 12.9. The molecule has 0 aromatic carbocycles. The second-order valence-corrected chi connectivity index (χ2v) is 10.4. The van der Waals surface area contributed by atoms with E-state index in [0.717, 1.165) is 19.3 Å². The van der Waals surface area contributed by atoms with Crippen molar-refractivity contribution in [2.24, 2.45) is 0 Å². The zero-order chi connectivity index (χ0) is 20.9. The fourth-order valence-corrected chi connectivity index (χ4v) is 4.95. The predicted octanol–water partition coefficient (Wildman–Crippen LogP) is 10.8. The lowest BCUT2D eigenvalue weighted by atomic mass is 9.88. The summed E-state index contributed by atoms with van der Waals surface area (Å²) in [6.07, 6.45) is 27.4. The first-order chi connectivity index (χ1) is 13.6. The average Bonchev–Trinajstić information content (AvgIpc) is 2.69. The summed E-state index contributed by atoms with van der Waals surface area (Å²) < 4.78 is 0. The van der Waals surface area contributed by atoms with E-state index < -0.39 is 0 Å². The Hall–Kier alpha value is 0.580. The summed E-state index contributed by atoms with van der Waals surface area (Å²) in [5, 5.41) is 0.145. The van der Waals surface area contributed by atoms with Gasteiger partial charge < -0.3 is 0 Å². The van der Waals surface area contributed by atoms with Gasteiger partial charge >= 0.3 is 0 Å². The van der Waals surface area contributed by atoms with Crippen LogP contribution in [0, 0.1) is 0 Å². The fourth-order valence-electron chi connectivity index (χ4n) is 4.20. The van der Waals surface area contributed by atoms with Gasteiger partial charge in [-0.05, 0) is 19.3 Å². The van der Waals surface area contributed by atoms with Gasteiger partial charge in [-0.25, -0.2) is 0 Å². The maximum atomic E-state index is 7.20. The summed E-state index contributed by atoms with van der Waals surface area (Å²) in [6, 6.07) is 0. The third-order valence-electron chi connectivity index (χ3n) is 6.26. The van der Waals surface area contributed by atoms with Gasteiger partial charge in [0.1, 0.15) is 0 Å². The van der Waals surface area contributed by atoms with Crippen LogP contribution in [-0.2, 0) is 0 Å². The summed E-state index contributed by atoms with van der Waals surface area (Å²) in [4.78, 5) is -0.166. The first-order valence-corrected chi connectivity index (χ1v) is 13.7. The minimum atomic E-state index is -0.166. The summed E-state index contributed by atoms with van der Waals surface area (Å²) in [5.41, 5.74) is 0. The van der Waals surface area contributed by atoms with Gasteiger partial charge in [0.2, 0.25) is 0 Å². The van der Waals surface area contributed by atoms with Crippen molar-refractivity contribution in [3.05, 3.63) is 0 Å². The molecule has 0 aliphatic carbocycles. The lowest BCUT2D eigenvalue weighted by Gasteiger charge is -2.32. The van der Waals surface area contributed by atoms with E-state index in [9.17, 15) is 0 Å². The molecule has 170 valence electrons. The lowest BCUT2D eigenvalue weighted by Crippen LogP contribution is -2.33. The van der Waals surface area contributed by atoms with Crippen molar-refractivity contribution in [2.45, 2.75) is 166 Å². The molecule has 0 saturated carbocycles. The number of halogens is 2. The Bertz CT molecular complexity index is 287. The normalized spacial score (nSPS) is 13.2. The molecule has 1 unspecified atom stereocenters. The van der Waals surface area contributed by atoms with Gasteiger partial charge in [0.15, 0.2) is 0 Å². The Morgan fingerprint density at radius 1 is 0.500 bits per heavy atom. The molecule has 0 amide bonds. The smallest absolute Gasteiger partial charge is 0.0609 e. The lowest BCUT2D eigenvalue weighted by molar-refractivity contribution is 0.400. The van der Waals surface area contributed by atoms with Crippen LogP contribution < -0.4 is 0 Å². The molecule has 0 saturated heterocycles. The van der Waals surface area contributed by atoms with Crippen LogP contribution in [-0.4, -0.2) is 10.3 Å². The van der Waals surface area contributed by atoms with Crippen LogP contribution in [0.15, 0.2) is 0 Å². The van der Waals surface area contributed by atoms with Crippen molar-refractivity contribution >= 4 is 23.2 Å². The third kappa shape index (κ3) is 16.4. The second-order valence-electron chi connectivity index (χ2n) is 9.09. The third-order valence-corrected chi connectivity index (χ3v) is 7.65. The highest BCUT2D eigenvalue weighted by Crippen LogP contribution is 2.38. The van der Waals surface area contributed by atoms with Gasteiger partial charge in [0, 0.05) is 0 Å². The fraction of sp³-hybridized carbons (Fsp3) is 1.00. The quantitative estimate of drug-likeness (QED) is 0.117. The van der Waals surface area contributed by atoms with Gasteiger partial charge in [-0.3, -0.25) is 0 Å². The molecule has 0 fully saturated rings. The summed E-state index contributed by atoms with van der Waals surface area (Å²) in [6.45, 7) is 6.84. The highest BCUT2D eigenvalue weighted by atomic mass is 35.5. The Balaban J connectivity index is 4.26. The molecule has 0 aromatic rings. The zero-order valence-electron chi connectivity index (χ0n) is 19.7. The maximum absolute atomic E-state index is 7.20. The van der Waals surface area contributed by atoms with Crippen molar-refractivity contribution < 1.29 is 0 Å². The number of rotatable bonds is 22. The van der Waals surface area contributed by atoms with Gasteiger partial charge in [-0.2, -0.15) is 0 Å². The SMILES string of the molecule is CCCCCCCCC(Cl)C(Cl)(CCCCCCCC)CCCCCCCC. The van der Waals surface area contributed by atoms with E-state index in [4.69, 9.17) is 23.2 Å². The maximum Gasteiger partial charge on any atom is 0.0609 e. The molecular weight excluding hydrogens is 383 g/mol. The minimum absolute atomic E-state index is 0.145. The monoisotopic (exact) mass is 434 g/mol. The van der Waals surface area contributed by atoms with Crippen LogP contribution in [0.25, 0.3) is 0 Å². The van der Waals surface area contributed by atoms with Gasteiger partial charge in [-0.1, -0.05) is 136 Å². The number of alkyl halides is 2. The van der Waals surface area contributed by atoms with Crippen molar-refractivity contribution in [3.63, 3.8) is 0 Å². The van der Waals surface area contributed by atoms with Crippen molar-refractivity contribution in [1.82, 2.24) is 0 Å². The van der Waals surface area contributed by atoms with Gasteiger partial charge in [0.05, 0.1) is 10.3 Å². The molecule has 1 atom stereocenters. The van der Waals surface area contributed by atoms with Crippen LogP contribution in [0.2, 0.25) is 0 Å². The second kappa shape index (κ2) is 20.8. The average molecular weight is 436 g/mol. The molecule has 0 bridgehead atoms. The molecule has 0 aromatic heterocycles. The molecule has 0 aliphatic rings. The highest BCUT2D eigenvalue weighted by molar-refractivity contribution is 6.32. The van der Waals surface area contributed by atoms with Crippen LogP contribution in [0.5, 0.6) is 0 Å². The molecule has 0 aliphatic heterocycles. The Morgan fingerprint density at radius 3 is 1.21 bits per heavy atom. The van der Waals surface area contributed by atoms with E-state index in [-0.39, 0.29) is 10.3 Å². The number of unbranched alkanes of at least 4 members (excludes halogenated alkanes) is 15. The highest BCUT2D eigenvalue weighted by Gasteiger charge is 2.34. The van der Waals surface area contributed by atoms with E-state index in [1.165, 1.54) is 116 Å². The Labute approximate surface area is 188 Å². The molecule has 0 spiro atoms. The molecule has 0 radical (unpaired) electrons. The van der Waals surface area contributed by atoms with Crippen molar-refractivity contribution in [1.29, 1.82) is 0 Å². The topological polar surface area (TPSA) is 0 Å². The first kappa shape index (κ1) is 28.6. The number of hydrogen-bond acceptors (Lipinski definition) is 0. The molecular formula is C26H52Cl2. The summed E-state index contributed by atoms with van der Waals surface area (Å²) in [7, 11) is 0. The van der Waals surface area contributed by atoms with Gasteiger partial charge in [-0.15, -0.1) is 23.2 Å². The Morgan fingerprint density at radius 2 is 0.821 bits per heavy atom. The molecule has 0 N–H and O–H groups in total. The van der Waals surface area contributed by atoms with E-state index in [1.54, 1.807) is 0 Å². The van der Waals surface area contributed by atoms with Crippen molar-refractivity contribution in [2.75, 3.05) is 0 Å². The van der Waals surface area contributed by atoms with Crippen LogP contribution in [0.4, 0.5) is 0 Å². The number of hydrogen-bond donors (Lipinski definition) is 0. The molecule has 0 nitrogen and oxygen atoms in total. The molecule has 28 heavy (non-hydrogen) atoms. The largest absolute Gasteiger partial charge is 0.121 e. The van der Waals surface area contributed by atoms with Crippen LogP contribution in [0.1, 0.15) is 156 Å². The van der Waals surface area contributed by atoms with E-state index >= 15 is 0 Å². The molecule has 0 heterocycles. The predicted molar refractivity (Wildman–Crippen MR) is 132 cm³/mol. The standard InChI is InChI=1S/C26H52Cl2/c1-4-7-10-13-16-19-22-25(27)26(28,23-20-17-14-11-8-5-2)24-21-18-15-12-9-6-3/h25H,4-24H2,1-3H3. The van der Waals surface area contributed by atoms with Crippen LogP contribution in [0.3, 0.4) is 0 Å². The zero-order valence-corrected chi connectivity index (χ0v) is 21.2. The van der Waals surface area contributed by atoms with Crippen molar-refractivity contribution in [3.8, 4) is 0 Å². The summed E-state index contributed by atoms with van der Waals surface area (Å²) >= 11 is 14.1. The summed E-state index contributed by atoms with van der Waals surface area (Å²) in [5.74, 6) is 0. The van der Waals surface area contributed by atoms with Crippen LogP contribution >= 0.6 is 23.2 Å². The van der Waals surface area contributed by atoms with E-state index in [1.807, 2.05) is 0 Å². The molecule has 2 heteroatoms. The Kier molecular flexibility index (Phi) is 21.3. The minimum Gasteiger partial charge on any atom is -0.121 e. The van der Waals surface area contributed by atoms with E-state index in [0.29, 0.717) is 0 Å².